The largest absolute Gasteiger partial charge is 0.382 e. The average molecular weight is 340 g/mol. The van der Waals surface area contributed by atoms with Crippen molar-refractivity contribution in [2.45, 2.75) is 39.3 Å². The molecule has 5 nitrogen and oxygen atoms in total. The van der Waals surface area contributed by atoms with E-state index in [9.17, 15) is 9.50 Å². The van der Waals surface area contributed by atoms with Crippen molar-refractivity contribution in [1.29, 1.82) is 0 Å². The van der Waals surface area contributed by atoms with Crippen LogP contribution in [0, 0.1) is 25.6 Å². The summed E-state index contributed by atoms with van der Waals surface area (Å²) < 4.78 is 17.0. The summed E-state index contributed by atoms with van der Waals surface area (Å²) in [7, 11) is 0. The Morgan fingerprint density at radius 2 is 2.08 bits per heavy atom. The zero-order valence-corrected chi connectivity index (χ0v) is 14.4. The van der Waals surface area contributed by atoms with Gasteiger partial charge in [-0.1, -0.05) is 0 Å². The smallest absolute Gasteiger partial charge is 0.124 e. The quantitative estimate of drug-likeness (QED) is 0.775. The van der Waals surface area contributed by atoms with Gasteiger partial charge in [-0.05, 0) is 62.4 Å². The van der Waals surface area contributed by atoms with Crippen molar-refractivity contribution in [3.8, 4) is 5.69 Å². The van der Waals surface area contributed by atoms with Gasteiger partial charge < -0.3 is 5.11 Å². The van der Waals surface area contributed by atoms with Crippen molar-refractivity contribution in [3.63, 3.8) is 0 Å². The summed E-state index contributed by atoms with van der Waals surface area (Å²) in [6.45, 7) is 4.61. The number of hydrogen-bond acceptors (Lipinski definition) is 3. The van der Waals surface area contributed by atoms with Gasteiger partial charge in [-0.15, -0.1) is 0 Å². The van der Waals surface area contributed by atoms with Crippen LogP contribution >= 0.6 is 0 Å². The van der Waals surface area contributed by atoms with E-state index in [-0.39, 0.29) is 5.82 Å². The minimum Gasteiger partial charge on any atom is -0.382 e. The number of benzene rings is 1. The van der Waals surface area contributed by atoms with E-state index in [0.717, 1.165) is 35.0 Å². The third kappa shape index (κ3) is 3.22. The first-order valence-electron chi connectivity index (χ1n) is 8.55. The molecule has 1 aromatic carbocycles. The highest BCUT2D eigenvalue weighted by atomic mass is 19.1. The molecule has 1 atom stereocenters. The predicted molar refractivity (Wildman–Crippen MR) is 92.0 cm³/mol. The molecule has 0 aliphatic heterocycles. The molecule has 0 saturated heterocycles. The minimum atomic E-state index is -0.835. The Balaban J connectivity index is 1.68. The zero-order valence-electron chi connectivity index (χ0n) is 14.4. The van der Waals surface area contributed by atoms with Crippen molar-refractivity contribution in [2.24, 2.45) is 5.92 Å². The Morgan fingerprint density at radius 1 is 1.28 bits per heavy atom. The Kier molecular flexibility index (Phi) is 3.92. The van der Waals surface area contributed by atoms with Gasteiger partial charge in [-0.2, -0.15) is 10.2 Å². The molecule has 0 amide bonds. The summed E-state index contributed by atoms with van der Waals surface area (Å²) in [5, 5.41) is 19.7. The molecule has 4 rings (SSSR count). The number of nitrogens with zero attached hydrogens (tertiary/aromatic N) is 4. The molecular formula is C19H21FN4O. The summed E-state index contributed by atoms with van der Waals surface area (Å²) >= 11 is 0. The lowest BCUT2D eigenvalue weighted by Crippen LogP contribution is -2.09. The molecular weight excluding hydrogens is 319 g/mol. The Bertz CT molecular complexity index is 910. The van der Waals surface area contributed by atoms with Crippen LogP contribution in [-0.2, 0) is 6.54 Å². The van der Waals surface area contributed by atoms with Gasteiger partial charge in [0, 0.05) is 18.3 Å². The second-order valence-corrected chi connectivity index (χ2v) is 6.89. The van der Waals surface area contributed by atoms with Crippen LogP contribution in [0.4, 0.5) is 4.39 Å². The highest BCUT2D eigenvalue weighted by Crippen LogP contribution is 2.31. The van der Waals surface area contributed by atoms with E-state index in [2.05, 4.69) is 10.2 Å². The molecule has 6 heteroatoms. The highest BCUT2D eigenvalue weighted by Gasteiger charge is 2.24. The summed E-state index contributed by atoms with van der Waals surface area (Å²) in [4.78, 5) is 0. The van der Waals surface area contributed by atoms with Crippen molar-refractivity contribution in [2.75, 3.05) is 0 Å². The lowest BCUT2D eigenvalue weighted by molar-refractivity contribution is 0.212. The number of aliphatic hydroxyl groups excluding tert-OH is 1. The first-order chi connectivity index (χ1) is 12.0. The number of hydrogen-bond donors (Lipinski definition) is 1. The second-order valence-electron chi connectivity index (χ2n) is 6.89. The van der Waals surface area contributed by atoms with Crippen LogP contribution in [0.2, 0.25) is 0 Å². The Labute approximate surface area is 145 Å². The summed E-state index contributed by atoms with van der Waals surface area (Å²) in [6, 6.07) is 6.41. The molecule has 2 aromatic heterocycles. The van der Waals surface area contributed by atoms with Gasteiger partial charge in [0.1, 0.15) is 11.9 Å². The van der Waals surface area contributed by atoms with Crippen LogP contribution < -0.4 is 0 Å². The van der Waals surface area contributed by atoms with Gasteiger partial charge in [0.05, 0.1) is 23.3 Å². The SMILES string of the molecule is Cc1cc(C(O)c2cnn(CC3CC3)c2)n(-c2ccc(F)cc2C)n1. The molecule has 130 valence electrons. The number of aliphatic hydroxyl groups is 1. The summed E-state index contributed by atoms with van der Waals surface area (Å²) in [6.07, 6.45) is 5.28. The normalized spacial score (nSPS) is 15.5. The molecule has 3 aromatic rings. The van der Waals surface area contributed by atoms with Crippen LogP contribution in [0.3, 0.4) is 0 Å². The number of aryl methyl sites for hydroxylation is 2. The lowest BCUT2D eigenvalue weighted by Gasteiger charge is -2.14. The monoisotopic (exact) mass is 340 g/mol. The molecule has 0 radical (unpaired) electrons. The Hall–Kier alpha value is -2.47. The van der Waals surface area contributed by atoms with Crippen molar-refractivity contribution < 1.29 is 9.50 Å². The van der Waals surface area contributed by atoms with Crippen molar-refractivity contribution in [1.82, 2.24) is 19.6 Å². The van der Waals surface area contributed by atoms with Crippen molar-refractivity contribution in [3.05, 3.63) is 65.0 Å². The second kappa shape index (κ2) is 6.11. The van der Waals surface area contributed by atoms with Gasteiger partial charge in [-0.3, -0.25) is 4.68 Å². The number of aromatic nitrogens is 4. The summed E-state index contributed by atoms with van der Waals surface area (Å²) in [5.74, 6) is 0.438. The first kappa shape index (κ1) is 16.0. The number of halogens is 1. The summed E-state index contributed by atoms with van der Waals surface area (Å²) in [5.41, 5.74) is 3.71. The van der Waals surface area contributed by atoms with Gasteiger partial charge in [0.15, 0.2) is 0 Å². The van der Waals surface area contributed by atoms with Gasteiger partial charge >= 0.3 is 0 Å². The average Bonchev–Trinajstić information content (AvgIpc) is 3.11. The molecule has 25 heavy (non-hydrogen) atoms. The van der Waals surface area contributed by atoms with Crippen LogP contribution in [0.15, 0.2) is 36.7 Å². The maximum atomic E-state index is 13.4. The lowest BCUT2D eigenvalue weighted by atomic mass is 10.1. The van der Waals surface area contributed by atoms with E-state index in [1.165, 1.54) is 25.0 Å². The Morgan fingerprint density at radius 3 is 2.80 bits per heavy atom. The van der Waals surface area contributed by atoms with Gasteiger partial charge in [0.25, 0.3) is 0 Å². The van der Waals surface area contributed by atoms with E-state index < -0.39 is 6.10 Å². The third-order valence-electron chi connectivity index (χ3n) is 4.64. The van der Waals surface area contributed by atoms with Crippen molar-refractivity contribution >= 4 is 0 Å². The molecule has 0 spiro atoms. The fraction of sp³-hybridized carbons (Fsp3) is 0.368. The minimum absolute atomic E-state index is 0.284. The standard InChI is InChI=1S/C19H21FN4O/c1-12-7-16(20)5-6-17(12)24-18(8-13(2)22-24)19(25)15-9-21-23(11-15)10-14-3-4-14/h5-9,11,14,19,25H,3-4,10H2,1-2H3. The van der Waals surface area contributed by atoms with E-state index in [0.29, 0.717) is 5.69 Å². The predicted octanol–water partition coefficient (Wildman–Crippen LogP) is 3.32. The molecule has 1 fully saturated rings. The first-order valence-corrected chi connectivity index (χ1v) is 8.55. The highest BCUT2D eigenvalue weighted by molar-refractivity contribution is 5.42. The van der Waals surface area contributed by atoms with Crippen LogP contribution in [0.25, 0.3) is 5.69 Å². The molecule has 0 bridgehead atoms. The van der Waals surface area contributed by atoms with Gasteiger partial charge in [0.2, 0.25) is 0 Å². The topological polar surface area (TPSA) is 55.9 Å². The molecule has 1 saturated carbocycles. The fourth-order valence-corrected chi connectivity index (χ4v) is 3.12. The maximum Gasteiger partial charge on any atom is 0.124 e. The van der Waals surface area contributed by atoms with E-state index in [4.69, 9.17) is 0 Å². The molecule has 2 heterocycles. The van der Waals surface area contributed by atoms with E-state index in [1.54, 1.807) is 16.9 Å². The van der Waals surface area contributed by atoms with Crippen LogP contribution in [0.5, 0.6) is 0 Å². The molecule has 1 aliphatic carbocycles. The van der Waals surface area contributed by atoms with E-state index >= 15 is 0 Å². The molecule has 1 N–H and O–H groups in total. The zero-order chi connectivity index (χ0) is 17.6. The number of rotatable bonds is 5. The van der Waals surface area contributed by atoms with Crippen LogP contribution in [0.1, 0.15) is 41.5 Å². The van der Waals surface area contributed by atoms with E-state index in [1.807, 2.05) is 30.8 Å². The fourth-order valence-electron chi connectivity index (χ4n) is 3.12. The molecule has 1 aliphatic rings. The third-order valence-corrected chi connectivity index (χ3v) is 4.64. The maximum absolute atomic E-state index is 13.4. The van der Waals surface area contributed by atoms with Gasteiger partial charge in [-0.25, -0.2) is 9.07 Å². The molecule has 1 unspecified atom stereocenters. The van der Waals surface area contributed by atoms with Crippen LogP contribution in [-0.4, -0.2) is 24.7 Å².